The van der Waals surface area contributed by atoms with Crippen molar-refractivity contribution >= 4 is 11.4 Å². The molecule has 1 aromatic carbocycles. The minimum atomic E-state index is -0.375. The molecule has 1 aliphatic rings. The first kappa shape index (κ1) is 13.6. The Hall–Kier alpha value is -1.82. The minimum absolute atomic E-state index is 0.0402. The Morgan fingerprint density at radius 1 is 1.58 bits per heavy atom. The van der Waals surface area contributed by atoms with Crippen LogP contribution in [-0.2, 0) is 0 Å². The SMILES string of the molecule is CCOc1cccc(N2CCC[C@@H](N)C2)c1[N+](=O)[O-]. The van der Waals surface area contributed by atoms with E-state index in [1.165, 1.54) is 0 Å². The minimum Gasteiger partial charge on any atom is -0.487 e. The fourth-order valence-corrected chi connectivity index (χ4v) is 2.45. The molecule has 0 spiro atoms. The fraction of sp³-hybridized carbons (Fsp3) is 0.538. The molecule has 1 atom stereocenters. The quantitative estimate of drug-likeness (QED) is 0.664. The number of nitro groups is 1. The van der Waals surface area contributed by atoms with Gasteiger partial charge >= 0.3 is 5.69 Å². The van der Waals surface area contributed by atoms with Gasteiger partial charge in [-0.2, -0.15) is 0 Å². The molecule has 1 aliphatic heterocycles. The molecule has 1 fully saturated rings. The summed E-state index contributed by atoms with van der Waals surface area (Å²) in [4.78, 5) is 12.9. The lowest BCUT2D eigenvalue weighted by atomic mass is 10.1. The third-order valence-electron chi connectivity index (χ3n) is 3.26. The second-order valence-corrected chi connectivity index (χ2v) is 4.66. The third kappa shape index (κ3) is 2.96. The van der Waals surface area contributed by atoms with Gasteiger partial charge in [-0.3, -0.25) is 10.1 Å². The number of nitrogens with zero attached hydrogens (tertiary/aromatic N) is 2. The normalized spacial score (nSPS) is 19.3. The number of benzene rings is 1. The van der Waals surface area contributed by atoms with Crippen molar-refractivity contribution in [2.45, 2.75) is 25.8 Å². The van der Waals surface area contributed by atoms with Crippen molar-refractivity contribution < 1.29 is 9.66 Å². The Kier molecular flexibility index (Phi) is 4.21. The van der Waals surface area contributed by atoms with Gasteiger partial charge in [0.2, 0.25) is 0 Å². The smallest absolute Gasteiger partial charge is 0.333 e. The lowest BCUT2D eigenvalue weighted by Gasteiger charge is -2.32. The summed E-state index contributed by atoms with van der Waals surface area (Å²) in [5.41, 5.74) is 6.59. The molecule has 0 bridgehead atoms. The predicted octanol–water partition coefficient (Wildman–Crippen LogP) is 1.92. The van der Waals surface area contributed by atoms with Crippen LogP contribution in [0, 0.1) is 10.1 Å². The molecule has 0 aliphatic carbocycles. The molecule has 0 radical (unpaired) electrons. The van der Waals surface area contributed by atoms with Gasteiger partial charge in [0.15, 0.2) is 5.75 Å². The Morgan fingerprint density at radius 3 is 3.00 bits per heavy atom. The molecule has 1 heterocycles. The van der Waals surface area contributed by atoms with Crippen molar-refractivity contribution in [3.8, 4) is 5.75 Å². The maximum atomic E-state index is 11.3. The number of nitrogens with two attached hydrogens (primary N) is 1. The first-order valence-electron chi connectivity index (χ1n) is 6.54. The summed E-state index contributed by atoms with van der Waals surface area (Å²) in [6, 6.07) is 5.25. The first-order chi connectivity index (χ1) is 9.13. The molecule has 104 valence electrons. The number of anilines is 1. The standard InChI is InChI=1S/C13H19N3O3/c1-2-19-12-7-3-6-11(13(12)16(17)18)15-8-4-5-10(14)9-15/h3,6-7,10H,2,4-5,8-9,14H2,1H3/t10-/m1/s1. The number of para-hydroxylation sites is 1. The van der Waals surface area contributed by atoms with E-state index in [1.54, 1.807) is 18.2 Å². The van der Waals surface area contributed by atoms with E-state index in [0.29, 0.717) is 24.6 Å². The van der Waals surface area contributed by atoms with E-state index in [4.69, 9.17) is 10.5 Å². The van der Waals surface area contributed by atoms with Gasteiger partial charge in [0, 0.05) is 19.1 Å². The molecular weight excluding hydrogens is 246 g/mol. The van der Waals surface area contributed by atoms with Crippen molar-refractivity contribution in [2.75, 3.05) is 24.6 Å². The summed E-state index contributed by atoms with van der Waals surface area (Å²) in [5.74, 6) is 0.323. The van der Waals surface area contributed by atoms with Crippen LogP contribution < -0.4 is 15.4 Å². The molecule has 0 saturated carbocycles. The topological polar surface area (TPSA) is 81.6 Å². The molecule has 2 rings (SSSR count). The maximum Gasteiger partial charge on any atom is 0.333 e. The number of nitro benzene ring substituents is 1. The summed E-state index contributed by atoms with van der Waals surface area (Å²) in [7, 11) is 0. The van der Waals surface area contributed by atoms with Crippen molar-refractivity contribution in [2.24, 2.45) is 5.73 Å². The van der Waals surface area contributed by atoms with Crippen LogP contribution >= 0.6 is 0 Å². The Labute approximate surface area is 112 Å². The van der Waals surface area contributed by atoms with E-state index in [0.717, 1.165) is 19.4 Å². The average molecular weight is 265 g/mol. The zero-order valence-electron chi connectivity index (χ0n) is 11.0. The molecule has 6 nitrogen and oxygen atoms in total. The molecule has 2 N–H and O–H groups in total. The second kappa shape index (κ2) is 5.88. The maximum absolute atomic E-state index is 11.3. The Bertz CT molecular complexity index is 464. The van der Waals surface area contributed by atoms with Gasteiger partial charge in [0.05, 0.1) is 11.5 Å². The number of ether oxygens (including phenoxy) is 1. The summed E-state index contributed by atoms with van der Waals surface area (Å²) < 4.78 is 5.36. The van der Waals surface area contributed by atoms with E-state index in [2.05, 4.69) is 0 Å². The summed E-state index contributed by atoms with van der Waals surface area (Å²) in [5, 5.41) is 11.3. The Balaban J connectivity index is 2.38. The van der Waals surface area contributed by atoms with E-state index in [1.807, 2.05) is 11.8 Å². The third-order valence-corrected chi connectivity index (χ3v) is 3.26. The lowest BCUT2D eigenvalue weighted by molar-refractivity contribution is -0.385. The van der Waals surface area contributed by atoms with Gasteiger partial charge in [0.1, 0.15) is 5.69 Å². The molecule has 1 aromatic rings. The average Bonchev–Trinajstić information content (AvgIpc) is 2.38. The van der Waals surface area contributed by atoms with E-state index >= 15 is 0 Å². The predicted molar refractivity (Wildman–Crippen MR) is 73.7 cm³/mol. The van der Waals surface area contributed by atoms with E-state index in [9.17, 15) is 10.1 Å². The van der Waals surface area contributed by atoms with Gasteiger partial charge in [-0.15, -0.1) is 0 Å². The van der Waals surface area contributed by atoms with Crippen LogP contribution in [0.4, 0.5) is 11.4 Å². The molecule has 0 unspecified atom stereocenters. The highest BCUT2D eigenvalue weighted by Gasteiger charge is 2.27. The van der Waals surface area contributed by atoms with Crippen molar-refractivity contribution in [1.29, 1.82) is 0 Å². The largest absolute Gasteiger partial charge is 0.487 e. The van der Waals surface area contributed by atoms with E-state index < -0.39 is 0 Å². The van der Waals surface area contributed by atoms with Gasteiger partial charge in [-0.25, -0.2) is 0 Å². The molecule has 0 amide bonds. The van der Waals surface area contributed by atoms with Crippen LogP contribution in [-0.4, -0.2) is 30.7 Å². The van der Waals surface area contributed by atoms with Crippen LogP contribution in [0.2, 0.25) is 0 Å². The zero-order chi connectivity index (χ0) is 13.8. The highest BCUT2D eigenvalue weighted by atomic mass is 16.6. The summed E-state index contributed by atoms with van der Waals surface area (Å²) >= 11 is 0. The monoisotopic (exact) mass is 265 g/mol. The molecular formula is C13H19N3O3. The fourth-order valence-electron chi connectivity index (χ4n) is 2.45. The number of hydrogen-bond donors (Lipinski definition) is 1. The van der Waals surface area contributed by atoms with Gasteiger partial charge in [-0.05, 0) is 31.9 Å². The van der Waals surface area contributed by atoms with Crippen LogP contribution in [0.25, 0.3) is 0 Å². The van der Waals surface area contributed by atoms with Gasteiger partial charge < -0.3 is 15.4 Å². The highest BCUT2D eigenvalue weighted by Crippen LogP contribution is 2.38. The zero-order valence-corrected chi connectivity index (χ0v) is 11.0. The van der Waals surface area contributed by atoms with Crippen LogP contribution in [0.3, 0.4) is 0 Å². The van der Waals surface area contributed by atoms with Crippen LogP contribution in [0.5, 0.6) is 5.75 Å². The lowest BCUT2D eigenvalue weighted by Crippen LogP contribution is -2.43. The highest BCUT2D eigenvalue weighted by molar-refractivity contribution is 5.70. The van der Waals surface area contributed by atoms with Crippen molar-refractivity contribution in [1.82, 2.24) is 0 Å². The van der Waals surface area contributed by atoms with Crippen LogP contribution in [0.1, 0.15) is 19.8 Å². The van der Waals surface area contributed by atoms with E-state index in [-0.39, 0.29) is 16.7 Å². The molecule has 1 saturated heterocycles. The molecule has 0 aromatic heterocycles. The molecule has 19 heavy (non-hydrogen) atoms. The van der Waals surface area contributed by atoms with Gasteiger partial charge in [-0.1, -0.05) is 6.07 Å². The van der Waals surface area contributed by atoms with Crippen molar-refractivity contribution in [3.05, 3.63) is 28.3 Å². The number of piperidine rings is 1. The number of rotatable bonds is 4. The summed E-state index contributed by atoms with van der Waals surface area (Å²) in [6.07, 6.45) is 1.92. The summed E-state index contributed by atoms with van der Waals surface area (Å²) in [6.45, 7) is 3.66. The Morgan fingerprint density at radius 2 is 2.37 bits per heavy atom. The van der Waals surface area contributed by atoms with Gasteiger partial charge in [0.25, 0.3) is 0 Å². The first-order valence-corrected chi connectivity index (χ1v) is 6.54. The second-order valence-electron chi connectivity index (χ2n) is 4.66. The number of hydrogen-bond acceptors (Lipinski definition) is 5. The van der Waals surface area contributed by atoms with Crippen LogP contribution in [0.15, 0.2) is 18.2 Å². The molecule has 6 heteroatoms. The van der Waals surface area contributed by atoms with Crippen molar-refractivity contribution in [3.63, 3.8) is 0 Å².